The molecule has 1 unspecified atom stereocenters. The molecule has 0 bridgehead atoms. The van der Waals surface area contributed by atoms with E-state index in [2.05, 4.69) is 5.32 Å². The van der Waals surface area contributed by atoms with Gasteiger partial charge in [-0.2, -0.15) is 0 Å². The van der Waals surface area contributed by atoms with Gasteiger partial charge in [-0.25, -0.2) is 0 Å². The zero-order valence-corrected chi connectivity index (χ0v) is 17.8. The van der Waals surface area contributed by atoms with Crippen molar-refractivity contribution in [3.8, 4) is 0 Å². The number of methoxy groups -OCH3 is 1. The van der Waals surface area contributed by atoms with Gasteiger partial charge in [-0.1, -0.05) is 23.7 Å². The van der Waals surface area contributed by atoms with E-state index >= 15 is 0 Å². The zero-order chi connectivity index (χ0) is 19.4. The highest BCUT2D eigenvalue weighted by molar-refractivity contribution is 8.03. The SMILES string of the molecule is COCCNC(=O)C1=CN(Cc2ccc(Cl)cc2)C2C(=O)[C@@H](N)CSC2=C1.Cl. The van der Waals surface area contributed by atoms with Gasteiger partial charge < -0.3 is 20.7 Å². The lowest BCUT2D eigenvalue weighted by Gasteiger charge is -2.38. The van der Waals surface area contributed by atoms with E-state index in [9.17, 15) is 9.59 Å². The van der Waals surface area contributed by atoms with E-state index in [4.69, 9.17) is 22.1 Å². The Morgan fingerprint density at radius 3 is 2.79 bits per heavy atom. The van der Waals surface area contributed by atoms with Crippen molar-refractivity contribution in [2.24, 2.45) is 5.73 Å². The highest BCUT2D eigenvalue weighted by Gasteiger charge is 2.39. The van der Waals surface area contributed by atoms with Crippen LogP contribution in [0.2, 0.25) is 5.02 Å². The molecule has 0 saturated carbocycles. The van der Waals surface area contributed by atoms with Crippen LogP contribution in [0.4, 0.5) is 0 Å². The number of benzene rings is 1. The maximum atomic E-state index is 12.7. The minimum atomic E-state index is -0.504. The molecule has 9 heteroatoms. The predicted molar refractivity (Wildman–Crippen MR) is 115 cm³/mol. The molecule has 152 valence electrons. The number of hydrogen-bond donors (Lipinski definition) is 2. The standard InChI is InChI=1S/C19H22ClN3O3S.ClH/c1-26-7-6-22-19(25)13-8-16-17(18(24)15(21)11-27-16)23(10-13)9-12-2-4-14(20)5-3-12;/h2-5,8,10,15,17H,6-7,9,11,21H2,1H3,(H,22,25);1H/t15-,17?;/m0./s1. The number of halogens is 2. The van der Waals surface area contributed by atoms with E-state index in [1.165, 1.54) is 11.8 Å². The van der Waals surface area contributed by atoms with Crippen molar-refractivity contribution in [3.05, 3.63) is 57.6 Å². The fourth-order valence-corrected chi connectivity index (χ4v) is 4.29. The molecule has 0 spiro atoms. The number of amides is 1. The Labute approximate surface area is 179 Å². The van der Waals surface area contributed by atoms with Gasteiger partial charge in [-0.05, 0) is 23.8 Å². The van der Waals surface area contributed by atoms with Crippen molar-refractivity contribution >= 4 is 47.5 Å². The number of nitrogens with one attached hydrogen (secondary N) is 1. The van der Waals surface area contributed by atoms with Crippen molar-refractivity contribution in [1.82, 2.24) is 10.2 Å². The van der Waals surface area contributed by atoms with Crippen molar-refractivity contribution in [1.29, 1.82) is 0 Å². The summed E-state index contributed by atoms with van der Waals surface area (Å²) in [6, 6.07) is 6.48. The third-order valence-electron chi connectivity index (χ3n) is 4.40. The third-order valence-corrected chi connectivity index (χ3v) is 5.85. The molecule has 3 rings (SSSR count). The lowest BCUT2D eigenvalue weighted by Crippen LogP contribution is -2.52. The summed E-state index contributed by atoms with van der Waals surface area (Å²) >= 11 is 7.49. The van der Waals surface area contributed by atoms with Gasteiger partial charge in [0.25, 0.3) is 5.91 Å². The van der Waals surface area contributed by atoms with Crippen molar-refractivity contribution in [2.75, 3.05) is 26.0 Å². The number of rotatable bonds is 6. The summed E-state index contributed by atoms with van der Waals surface area (Å²) in [6.45, 7) is 1.34. The molecule has 28 heavy (non-hydrogen) atoms. The molecule has 3 N–H and O–H groups in total. The molecule has 1 saturated heterocycles. The van der Waals surface area contributed by atoms with Crippen LogP contribution in [0.1, 0.15) is 5.56 Å². The molecule has 0 aromatic heterocycles. The van der Waals surface area contributed by atoms with E-state index in [1.807, 2.05) is 29.2 Å². The van der Waals surface area contributed by atoms with Crippen LogP contribution < -0.4 is 11.1 Å². The van der Waals surface area contributed by atoms with Crippen LogP contribution in [-0.4, -0.2) is 54.7 Å². The average Bonchev–Trinajstić information content (AvgIpc) is 2.66. The number of ether oxygens (including phenoxy) is 1. The molecule has 1 aromatic rings. The van der Waals surface area contributed by atoms with E-state index in [-0.39, 0.29) is 24.1 Å². The molecule has 0 radical (unpaired) electrons. The van der Waals surface area contributed by atoms with Crippen LogP contribution >= 0.6 is 35.8 Å². The number of thioether (sulfide) groups is 1. The fourth-order valence-electron chi connectivity index (χ4n) is 3.01. The maximum absolute atomic E-state index is 12.7. The van der Waals surface area contributed by atoms with Crippen LogP contribution in [-0.2, 0) is 20.9 Å². The normalized spacial score (nSPS) is 21.2. The van der Waals surface area contributed by atoms with E-state index in [0.717, 1.165) is 10.5 Å². The number of carbonyl (C=O) groups excluding carboxylic acids is 2. The van der Waals surface area contributed by atoms with Gasteiger partial charge in [0.15, 0.2) is 5.78 Å². The first-order chi connectivity index (χ1) is 13.0. The second kappa shape index (κ2) is 10.3. The van der Waals surface area contributed by atoms with Gasteiger partial charge in [0.1, 0.15) is 6.04 Å². The predicted octanol–water partition coefficient (Wildman–Crippen LogP) is 2.12. The Balaban J connectivity index is 0.00000280. The number of hydrogen-bond acceptors (Lipinski definition) is 6. The van der Waals surface area contributed by atoms with Gasteiger partial charge in [-0.3, -0.25) is 9.59 Å². The topological polar surface area (TPSA) is 84.7 Å². The van der Waals surface area contributed by atoms with E-state index in [1.54, 1.807) is 19.4 Å². The van der Waals surface area contributed by atoms with Gasteiger partial charge >= 0.3 is 0 Å². The third kappa shape index (κ3) is 5.30. The lowest BCUT2D eigenvalue weighted by atomic mass is 9.98. The molecule has 2 atom stereocenters. The van der Waals surface area contributed by atoms with E-state index in [0.29, 0.717) is 36.0 Å². The van der Waals surface area contributed by atoms with Crippen LogP contribution in [0.5, 0.6) is 0 Å². The van der Waals surface area contributed by atoms with Crippen LogP contribution in [0.3, 0.4) is 0 Å². The summed E-state index contributed by atoms with van der Waals surface area (Å²) in [4.78, 5) is 28.0. The van der Waals surface area contributed by atoms with Gasteiger partial charge in [-0.15, -0.1) is 24.2 Å². The summed E-state index contributed by atoms with van der Waals surface area (Å²) in [6.07, 6.45) is 3.53. The maximum Gasteiger partial charge on any atom is 0.252 e. The highest BCUT2D eigenvalue weighted by Crippen LogP contribution is 2.35. The van der Waals surface area contributed by atoms with Crippen molar-refractivity contribution < 1.29 is 14.3 Å². The van der Waals surface area contributed by atoms with Crippen LogP contribution in [0, 0.1) is 0 Å². The van der Waals surface area contributed by atoms with Crippen LogP contribution in [0.15, 0.2) is 47.0 Å². The Morgan fingerprint density at radius 2 is 2.11 bits per heavy atom. The highest BCUT2D eigenvalue weighted by atomic mass is 35.5. The summed E-state index contributed by atoms with van der Waals surface area (Å²) in [7, 11) is 1.58. The first-order valence-corrected chi connectivity index (χ1v) is 9.99. The Kier molecular flexibility index (Phi) is 8.39. The monoisotopic (exact) mass is 443 g/mol. The minimum Gasteiger partial charge on any atom is -0.383 e. The average molecular weight is 444 g/mol. The number of carbonyl (C=O) groups is 2. The van der Waals surface area contributed by atoms with Gasteiger partial charge in [0, 0.05) is 42.1 Å². The molecule has 0 aliphatic carbocycles. The smallest absolute Gasteiger partial charge is 0.252 e. The number of fused-ring (bicyclic) bond motifs is 1. The first kappa shape index (κ1) is 22.8. The Morgan fingerprint density at radius 1 is 1.39 bits per heavy atom. The second-order valence-corrected chi connectivity index (χ2v) is 7.93. The Hall–Kier alpha value is -1.51. The molecule has 1 fully saturated rings. The number of ketones is 1. The summed E-state index contributed by atoms with van der Waals surface area (Å²) in [5.74, 6) is 0.306. The molecule has 2 aliphatic rings. The zero-order valence-electron chi connectivity index (χ0n) is 15.4. The van der Waals surface area contributed by atoms with E-state index < -0.39 is 12.1 Å². The van der Waals surface area contributed by atoms with Gasteiger partial charge in [0.05, 0.1) is 18.2 Å². The lowest BCUT2D eigenvalue weighted by molar-refractivity contribution is -0.123. The van der Waals surface area contributed by atoms with Crippen molar-refractivity contribution in [2.45, 2.75) is 18.6 Å². The molecule has 2 aliphatic heterocycles. The molecular formula is C19H23Cl2N3O3S. The largest absolute Gasteiger partial charge is 0.383 e. The quantitative estimate of drug-likeness (QED) is 0.654. The summed E-state index contributed by atoms with van der Waals surface area (Å²) < 4.78 is 4.97. The first-order valence-electron chi connectivity index (χ1n) is 8.62. The summed E-state index contributed by atoms with van der Waals surface area (Å²) in [5, 5.41) is 3.47. The fraction of sp³-hybridized carbons (Fsp3) is 0.368. The summed E-state index contributed by atoms with van der Waals surface area (Å²) in [5.41, 5.74) is 7.49. The number of nitrogens with zero attached hydrogens (tertiary/aromatic N) is 1. The van der Waals surface area contributed by atoms with Crippen LogP contribution in [0.25, 0.3) is 0 Å². The van der Waals surface area contributed by atoms with Crippen molar-refractivity contribution in [3.63, 3.8) is 0 Å². The minimum absolute atomic E-state index is 0. The second-order valence-electron chi connectivity index (χ2n) is 6.40. The molecule has 1 amide bonds. The molecular weight excluding hydrogens is 421 g/mol. The Bertz CT molecular complexity index is 783. The molecule has 6 nitrogen and oxygen atoms in total. The molecule has 2 heterocycles. The number of Topliss-reactive ketones (excluding diaryl/α,β-unsaturated/α-hetero) is 1. The molecule has 1 aromatic carbocycles. The number of nitrogens with two attached hydrogens (primary N) is 1. The van der Waals surface area contributed by atoms with Gasteiger partial charge in [0.2, 0.25) is 0 Å².